The molecule has 1 saturated carbocycles. The molecule has 2 aromatic carbocycles. The summed E-state index contributed by atoms with van der Waals surface area (Å²) in [6, 6.07) is 14.6. The Bertz CT molecular complexity index is 1140. The summed E-state index contributed by atoms with van der Waals surface area (Å²) in [4.78, 5) is 31.6. The van der Waals surface area contributed by atoms with E-state index < -0.39 is 5.92 Å². The van der Waals surface area contributed by atoms with Crippen LogP contribution >= 0.6 is 0 Å². The van der Waals surface area contributed by atoms with Crippen molar-refractivity contribution in [2.45, 2.75) is 31.6 Å². The van der Waals surface area contributed by atoms with Gasteiger partial charge in [-0.1, -0.05) is 23.7 Å². The number of hydrogen-bond acceptors (Lipinski definition) is 6. The minimum Gasteiger partial charge on any atom is -0.497 e. The zero-order valence-corrected chi connectivity index (χ0v) is 17.8. The fraction of sp³-hybridized carbons (Fsp3) is 0.333. The van der Waals surface area contributed by atoms with Crippen LogP contribution in [0.4, 0.5) is 11.4 Å². The number of ether oxygens (including phenoxy) is 1. The van der Waals surface area contributed by atoms with Crippen LogP contribution in [0.3, 0.4) is 0 Å². The van der Waals surface area contributed by atoms with E-state index in [1.165, 1.54) is 6.42 Å². The number of nitrogens with one attached hydrogen (secondary N) is 1. The predicted molar refractivity (Wildman–Crippen MR) is 118 cm³/mol. The number of nitrogens with zero attached hydrogens (tertiary/aromatic N) is 3. The molecule has 1 N–H and O–H groups in total. The van der Waals surface area contributed by atoms with Crippen molar-refractivity contribution in [2.75, 3.05) is 23.9 Å². The van der Waals surface area contributed by atoms with Gasteiger partial charge in [0.25, 0.3) is 0 Å². The molecule has 2 fully saturated rings. The third-order valence-corrected chi connectivity index (χ3v) is 6.17. The number of carbonyl (C=O) groups excluding carboxylic acids is 2. The molecule has 1 aromatic heterocycles. The predicted octanol–water partition coefficient (Wildman–Crippen LogP) is 4.00. The van der Waals surface area contributed by atoms with Gasteiger partial charge < -0.3 is 19.5 Å². The van der Waals surface area contributed by atoms with Gasteiger partial charge in [0.2, 0.25) is 23.5 Å². The van der Waals surface area contributed by atoms with Crippen LogP contribution in [0.15, 0.2) is 53.1 Å². The fourth-order valence-electron chi connectivity index (χ4n) is 4.04. The van der Waals surface area contributed by atoms with Crippen molar-refractivity contribution in [1.82, 2.24) is 10.1 Å². The van der Waals surface area contributed by atoms with Gasteiger partial charge in [0.05, 0.1) is 13.0 Å². The number of amides is 2. The quantitative estimate of drug-likeness (QED) is 0.632. The lowest BCUT2D eigenvalue weighted by atomic mass is 9.85. The second-order valence-corrected chi connectivity index (χ2v) is 8.26. The summed E-state index contributed by atoms with van der Waals surface area (Å²) >= 11 is 0. The van der Waals surface area contributed by atoms with Crippen molar-refractivity contribution in [3.8, 4) is 17.1 Å². The van der Waals surface area contributed by atoms with Gasteiger partial charge in [0, 0.05) is 35.8 Å². The van der Waals surface area contributed by atoms with E-state index >= 15 is 0 Å². The Morgan fingerprint density at radius 2 is 2.00 bits per heavy atom. The number of aromatic nitrogens is 2. The van der Waals surface area contributed by atoms with E-state index in [4.69, 9.17) is 9.26 Å². The Morgan fingerprint density at radius 1 is 1.19 bits per heavy atom. The van der Waals surface area contributed by atoms with Gasteiger partial charge >= 0.3 is 0 Å². The molecule has 164 valence electrons. The standard InChI is InChI=1S/C24H24N4O4/c1-31-20-10-8-18(9-11-20)25-23(30)17-13-21(29)28(14-17)19-7-3-6-16(12-19)22-26-24(32-27-22)15-4-2-5-15/h3,6-12,15,17H,2,4-5,13-14H2,1H3,(H,25,30)/t17-/m0/s1. The van der Waals surface area contributed by atoms with E-state index in [2.05, 4.69) is 15.5 Å². The molecule has 8 heteroatoms. The lowest BCUT2D eigenvalue weighted by molar-refractivity contribution is -0.122. The van der Waals surface area contributed by atoms with Gasteiger partial charge in [0.15, 0.2) is 0 Å². The van der Waals surface area contributed by atoms with E-state index in [9.17, 15) is 9.59 Å². The van der Waals surface area contributed by atoms with Crippen LogP contribution in [0.2, 0.25) is 0 Å². The van der Waals surface area contributed by atoms with Crippen molar-refractivity contribution in [2.24, 2.45) is 5.92 Å². The highest BCUT2D eigenvalue weighted by atomic mass is 16.5. The van der Waals surface area contributed by atoms with Crippen LogP contribution in [0.5, 0.6) is 5.75 Å². The molecule has 2 aliphatic rings. The summed E-state index contributed by atoms with van der Waals surface area (Å²) in [5, 5.41) is 7.00. The van der Waals surface area contributed by atoms with E-state index in [1.54, 1.807) is 36.3 Å². The molecule has 0 unspecified atom stereocenters. The maximum Gasteiger partial charge on any atom is 0.230 e. The highest BCUT2D eigenvalue weighted by Crippen LogP contribution is 2.36. The molecule has 2 amide bonds. The first-order valence-corrected chi connectivity index (χ1v) is 10.8. The smallest absolute Gasteiger partial charge is 0.230 e. The second-order valence-electron chi connectivity index (χ2n) is 8.26. The lowest BCUT2D eigenvalue weighted by Crippen LogP contribution is -2.28. The molecule has 3 aromatic rings. The summed E-state index contributed by atoms with van der Waals surface area (Å²) in [5.41, 5.74) is 2.18. The maximum atomic E-state index is 12.7. The number of benzene rings is 2. The van der Waals surface area contributed by atoms with E-state index in [1.807, 2.05) is 24.3 Å². The first-order chi connectivity index (χ1) is 15.6. The highest BCUT2D eigenvalue weighted by Gasteiger charge is 2.35. The van der Waals surface area contributed by atoms with Crippen LogP contribution in [-0.4, -0.2) is 35.6 Å². The molecular formula is C24H24N4O4. The maximum absolute atomic E-state index is 12.7. The lowest BCUT2D eigenvalue weighted by Gasteiger charge is -2.20. The van der Waals surface area contributed by atoms with E-state index in [0.29, 0.717) is 35.6 Å². The van der Waals surface area contributed by atoms with Crippen LogP contribution in [-0.2, 0) is 9.59 Å². The molecule has 5 rings (SSSR count). The third kappa shape index (κ3) is 3.95. The summed E-state index contributed by atoms with van der Waals surface area (Å²) < 4.78 is 10.6. The Labute approximate surface area is 185 Å². The molecule has 0 radical (unpaired) electrons. The zero-order valence-electron chi connectivity index (χ0n) is 17.8. The van der Waals surface area contributed by atoms with E-state index in [0.717, 1.165) is 24.1 Å². The van der Waals surface area contributed by atoms with Gasteiger partial charge in [0.1, 0.15) is 5.75 Å². The highest BCUT2D eigenvalue weighted by molar-refractivity contribution is 6.03. The fourth-order valence-corrected chi connectivity index (χ4v) is 4.04. The summed E-state index contributed by atoms with van der Waals surface area (Å²) in [6.45, 7) is 0.323. The Balaban J connectivity index is 1.28. The molecule has 2 heterocycles. The normalized spacial score (nSPS) is 18.5. The Morgan fingerprint density at radius 3 is 2.72 bits per heavy atom. The average Bonchev–Trinajstić information content (AvgIpc) is 3.40. The number of hydrogen-bond donors (Lipinski definition) is 1. The molecule has 0 spiro atoms. The number of rotatable bonds is 6. The Kier molecular flexibility index (Phi) is 5.34. The first kappa shape index (κ1) is 20.2. The first-order valence-electron chi connectivity index (χ1n) is 10.8. The summed E-state index contributed by atoms with van der Waals surface area (Å²) in [6.07, 6.45) is 3.54. The van der Waals surface area contributed by atoms with E-state index in [-0.39, 0.29) is 18.2 Å². The van der Waals surface area contributed by atoms with Crippen LogP contribution in [0, 0.1) is 5.92 Å². The minimum absolute atomic E-state index is 0.0831. The Hall–Kier alpha value is -3.68. The third-order valence-electron chi connectivity index (χ3n) is 6.17. The van der Waals surface area contributed by atoms with Crippen molar-refractivity contribution in [3.05, 3.63) is 54.4 Å². The zero-order chi connectivity index (χ0) is 22.1. The summed E-state index contributed by atoms with van der Waals surface area (Å²) in [5.74, 6) is 1.60. The molecule has 1 aliphatic carbocycles. The monoisotopic (exact) mass is 432 g/mol. The molecule has 1 saturated heterocycles. The van der Waals surface area contributed by atoms with Crippen LogP contribution < -0.4 is 15.0 Å². The molecule has 0 bridgehead atoms. The van der Waals surface area contributed by atoms with Gasteiger partial charge in [-0.3, -0.25) is 9.59 Å². The number of methoxy groups -OCH3 is 1. The molecule has 8 nitrogen and oxygen atoms in total. The topological polar surface area (TPSA) is 97.6 Å². The van der Waals surface area contributed by atoms with Crippen molar-refractivity contribution in [3.63, 3.8) is 0 Å². The molecule has 1 aliphatic heterocycles. The van der Waals surface area contributed by atoms with Crippen molar-refractivity contribution >= 4 is 23.2 Å². The molecule has 32 heavy (non-hydrogen) atoms. The number of anilines is 2. The van der Waals surface area contributed by atoms with Crippen molar-refractivity contribution < 1.29 is 18.8 Å². The van der Waals surface area contributed by atoms with Crippen LogP contribution in [0.25, 0.3) is 11.4 Å². The SMILES string of the molecule is COc1ccc(NC(=O)[C@H]2CC(=O)N(c3cccc(-c4noc(C5CCC5)n4)c3)C2)cc1. The largest absolute Gasteiger partial charge is 0.497 e. The van der Waals surface area contributed by atoms with Crippen LogP contribution in [0.1, 0.15) is 37.5 Å². The minimum atomic E-state index is -0.427. The average molecular weight is 432 g/mol. The van der Waals surface area contributed by atoms with Crippen molar-refractivity contribution in [1.29, 1.82) is 0 Å². The molecule has 1 atom stereocenters. The van der Waals surface area contributed by atoms with Gasteiger partial charge in [-0.25, -0.2) is 0 Å². The van der Waals surface area contributed by atoms with Gasteiger partial charge in [-0.2, -0.15) is 4.98 Å². The van der Waals surface area contributed by atoms with Gasteiger partial charge in [-0.15, -0.1) is 0 Å². The molecular weight excluding hydrogens is 408 g/mol. The second kappa shape index (κ2) is 8.45. The number of carbonyl (C=O) groups is 2. The van der Waals surface area contributed by atoms with Gasteiger partial charge in [-0.05, 0) is 49.2 Å². The summed E-state index contributed by atoms with van der Waals surface area (Å²) in [7, 11) is 1.59.